The zero-order valence-electron chi connectivity index (χ0n) is 8.98. The fraction of sp³-hybridized carbons (Fsp3) is 0.273. The predicted octanol–water partition coefficient (Wildman–Crippen LogP) is 2.02. The molecule has 1 aromatic heterocycles. The molecule has 0 saturated carbocycles. The van der Waals surface area contributed by atoms with Gasteiger partial charge in [0.15, 0.2) is 5.58 Å². The van der Waals surface area contributed by atoms with Gasteiger partial charge in [-0.1, -0.05) is 0 Å². The highest BCUT2D eigenvalue weighted by molar-refractivity contribution is 5.89. The van der Waals surface area contributed by atoms with Crippen LogP contribution in [0.25, 0.3) is 11.1 Å². The number of rotatable bonds is 2. The zero-order valence-corrected chi connectivity index (χ0v) is 8.98. The molecule has 0 aliphatic heterocycles. The third kappa shape index (κ3) is 1.71. The highest BCUT2D eigenvalue weighted by atomic mass is 16.5. The average Bonchev–Trinajstić information content (AvgIpc) is 2.62. The number of phenols is 1. The van der Waals surface area contributed by atoms with Crippen molar-refractivity contribution in [1.29, 1.82) is 0 Å². The lowest BCUT2D eigenvalue weighted by molar-refractivity contribution is 0.0483. The Balaban J connectivity index is 2.51. The first-order valence-corrected chi connectivity index (χ1v) is 4.89. The van der Waals surface area contributed by atoms with Crippen molar-refractivity contribution >= 4 is 17.1 Å². The van der Waals surface area contributed by atoms with Gasteiger partial charge in [-0.25, -0.2) is 9.78 Å². The van der Waals surface area contributed by atoms with E-state index in [1.165, 1.54) is 6.07 Å². The van der Waals surface area contributed by atoms with Crippen LogP contribution >= 0.6 is 0 Å². The van der Waals surface area contributed by atoms with Crippen LogP contribution in [0.15, 0.2) is 16.5 Å². The van der Waals surface area contributed by atoms with E-state index in [1.807, 2.05) is 0 Å². The Bertz CT molecular complexity index is 544. The van der Waals surface area contributed by atoms with Crippen molar-refractivity contribution in [1.82, 2.24) is 4.98 Å². The van der Waals surface area contributed by atoms with Gasteiger partial charge in [0.1, 0.15) is 11.3 Å². The van der Waals surface area contributed by atoms with Crippen LogP contribution in [0.4, 0.5) is 0 Å². The van der Waals surface area contributed by atoms with Gasteiger partial charge in [0.2, 0.25) is 0 Å². The van der Waals surface area contributed by atoms with Crippen molar-refractivity contribution in [2.45, 2.75) is 13.8 Å². The summed E-state index contributed by atoms with van der Waals surface area (Å²) in [5, 5.41) is 9.36. The van der Waals surface area contributed by atoms with E-state index in [0.717, 1.165) is 5.56 Å². The molecule has 2 aromatic rings. The smallest absolute Gasteiger partial charge is 0.394 e. The highest BCUT2D eigenvalue weighted by Crippen LogP contribution is 2.24. The monoisotopic (exact) mass is 221 g/mol. The molecule has 16 heavy (non-hydrogen) atoms. The molecule has 0 spiro atoms. The zero-order chi connectivity index (χ0) is 11.7. The first kappa shape index (κ1) is 10.5. The van der Waals surface area contributed by atoms with E-state index < -0.39 is 5.97 Å². The van der Waals surface area contributed by atoms with Crippen molar-refractivity contribution in [2.24, 2.45) is 0 Å². The summed E-state index contributed by atoms with van der Waals surface area (Å²) >= 11 is 0. The number of nitrogens with zero attached hydrogens (tertiary/aromatic N) is 1. The number of ether oxygens (including phenoxy) is 1. The van der Waals surface area contributed by atoms with Crippen LogP contribution in [0.5, 0.6) is 5.75 Å². The van der Waals surface area contributed by atoms with Crippen LogP contribution in [-0.2, 0) is 4.74 Å². The van der Waals surface area contributed by atoms with Gasteiger partial charge in [-0.15, -0.1) is 0 Å². The molecule has 0 amide bonds. The highest BCUT2D eigenvalue weighted by Gasteiger charge is 2.16. The number of oxazole rings is 1. The molecule has 1 aromatic carbocycles. The molecule has 0 aliphatic rings. The van der Waals surface area contributed by atoms with Crippen molar-refractivity contribution in [3.63, 3.8) is 0 Å². The van der Waals surface area contributed by atoms with Gasteiger partial charge in [-0.3, -0.25) is 0 Å². The van der Waals surface area contributed by atoms with Crippen molar-refractivity contribution in [3.8, 4) is 5.75 Å². The van der Waals surface area contributed by atoms with E-state index in [4.69, 9.17) is 9.15 Å². The van der Waals surface area contributed by atoms with E-state index in [1.54, 1.807) is 19.9 Å². The molecule has 0 bridgehead atoms. The molecule has 0 saturated heterocycles. The molecular formula is C11H11NO4. The van der Waals surface area contributed by atoms with Crippen LogP contribution in [0.2, 0.25) is 0 Å². The Morgan fingerprint density at radius 2 is 2.31 bits per heavy atom. The maximum atomic E-state index is 11.4. The molecule has 1 heterocycles. The van der Waals surface area contributed by atoms with Crippen LogP contribution < -0.4 is 0 Å². The third-order valence-electron chi connectivity index (χ3n) is 2.12. The lowest BCUT2D eigenvalue weighted by Gasteiger charge is -1.94. The minimum Gasteiger partial charge on any atom is -0.508 e. The molecule has 2 rings (SSSR count). The summed E-state index contributed by atoms with van der Waals surface area (Å²) in [6.45, 7) is 3.75. The van der Waals surface area contributed by atoms with Crippen LogP contribution in [0.1, 0.15) is 23.2 Å². The molecule has 0 atom stereocenters. The fourth-order valence-electron chi connectivity index (χ4n) is 1.46. The summed E-state index contributed by atoms with van der Waals surface area (Å²) in [7, 11) is 0. The van der Waals surface area contributed by atoms with Crippen molar-refractivity contribution in [2.75, 3.05) is 6.61 Å². The first-order chi connectivity index (χ1) is 7.61. The molecule has 84 valence electrons. The number of aryl methyl sites for hydroxylation is 1. The first-order valence-electron chi connectivity index (χ1n) is 4.89. The molecule has 5 nitrogen and oxygen atoms in total. The molecule has 0 aliphatic carbocycles. The summed E-state index contributed by atoms with van der Waals surface area (Å²) in [5.74, 6) is -0.611. The van der Waals surface area contributed by atoms with Crippen LogP contribution in [0, 0.1) is 6.92 Å². The normalized spacial score (nSPS) is 10.6. The molecular weight excluding hydrogens is 210 g/mol. The number of benzene rings is 1. The van der Waals surface area contributed by atoms with Crippen molar-refractivity contribution < 1.29 is 19.1 Å². The topological polar surface area (TPSA) is 72.6 Å². The average molecular weight is 221 g/mol. The van der Waals surface area contributed by atoms with E-state index >= 15 is 0 Å². The number of phenolic OH excluding ortho intramolecular Hbond substituents is 1. The second kappa shape index (κ2) is 3.84. The Kier molecular flexibility index (Phi) is 2.52. The summed E-state index contributed by atoms with van der Waals surface area (Å²) in [4.78, 5) is 15.4. The van der Waals surface area contributed by atoms with Crippen LogP contribution in [-0.4, -0.2) is 22.7 Å². The second-order valence-electron chi connectivity index (χ2n) is 3.35. The number of carbonyl (C=O) groups is 1. The number of hydrogen-bond donors (Lipinski definition) is 1. The summed E-state index contributed by atoms with van der Waals surface area (Å²) in [6, 6.07) is 2.97. The molecule has 0 unspecified atom stereocenters. The van der Waals surface area contributed by atoms with E-state index in [2.05, 4.69) is 4.98 Å². The van der Waals surface area contributed by atoms with Gasteiger partial charge in [-0.2, -0.15) is 0 Å². The quantitative estimate of drug-likeness (QED) is 0.785. The Labute approximate surface area is 91.7 Å². The van der Waals surface area contributed by atoms with Crippen LogP contribution in [0.3, 0.4) is 0 Å². The molecule has 0 fully saturated rings. The lowest BCUT2D eigenvalue weighted by atomic mass is 10.2. The van der Waals surface area contributed by atoms with Gasteiger partial charge in [-0.05, 0) is 25.5 Å². The number of aromatic nitrogens is 1. The summed E-state index contributed by atoms with van der Waals surface area (Å²) < 4.78 is 9.97. The minimum absolute atomic E-state index is 0.0801. The largest absolute Gasteiger partial charge is 0.508 e. The number of esters is 1. The molecule has 5 heteroatoms. The van der Waals surface area contributed by atoms with Crippen molar-refractivity contribution in [3.05, 3.63) is 23.6 Å². The molecule has 1 N–H and O–H groups in total. The SMILES string of the molecule is CCOC(=O)c1nc2c(C)cc(O)cc2o1. The van der Waals surface area contributed by atoms with E-state index in [9.17, 15) is 9.90 Å². The van der Waals surface area contributed by atoms with Gasteiger partial charge in [0.25, 0.3) is 0 Å². The predicted molar refractivity (Wildman–Crippen MR) is 56.4 cm³/mol. The molecule has 0 radical (unpaired) electrons. The lowest BCUT2D eigenvalue weighted by Crippen LogP contribution is -2.04. The number of carbonyl (C=O) groups excluding carboxylic acids is 1. The Morgan fingerprint density at radius 3 is 3.00 bits per heavy atom. The maximum Gasteiger partial charge on any atom is 0.394 e. The summed E-state index contributed by atoms with van der Waals surface area (Å²) in [6.07, 6.45) is 0. The minimum atomic E-state index is -0.599. The number of hydrogen-bond acceptors (Lipinski definition) is 5. The Hall–Kier alpha value is -2.04. The van der Waals surface area contributed by atoms with E-state index in [-0.39, 0.29) is 18.2 Å². The standard InChI is InChI=1S/C11H11NO4/c1-3-15-11(14)10-12-9-6(2)4-7(13)5-8(9)16-10/h4-5,13H,3H2,1-2H3. The Morgan fingerprint density at radius 1 is 1.56 bits per heavy atom. The van der Waals surface area contributed by atoms with Gasteiger partial charge in [0.05, 0.1) is 6.61 Å². The fourth-order valence-corrected chi connectivity index (χ4v) is 1.46. The van der Waals surface area contributed by atoms with Gasteiger partial charge >= 0.3 is 11.9 Å². The van der Waals surface area contributed by atoms with E-state index in [0.29, 0.717) is 11.1 Å². The van der Waals surface area contributed by atoms with Gasteiger partial charge < -0.3 is 14.3 Å². The third-order valence-corrected chi connectivity index (χ3v) is 2.12. The second-order valence-corrected chi connectivity index (χ2v) is 3.35. The maximum absolute atomic E-state index is 11.4. The summed E-state index contributed by atoms with van der Waals surface area (Å²) in [5.41, 5.74) is 1.68. The number of fused-ring (bicyclic) bond motifs is 1. The van der Waals surface area contributed by atoms with Gasteiger partial charge in [0, 0.05) is 6.07 Å². The number of aromatic hydroxyl groups is 1.